The number of amides is 1. The molecule has 0 unspecified atom stereocenters. The summed E-state index contributed by atoms with van der Waals surface area (Å²) >= 11 is 0. The highest BCUT2D eigenvalue weighted by atomic mass is 16.5. The first-order valence-corrected chi connectivity index (χ1v) is 9.28. The van der Waals surface area contributed by atoms with Crippen molar-refractivity contribution in [2.45, 2.75) is 63.6 Å². The van der Waals surface area contributed by atoms with E-state index < -0.39 is 0 Å². The minimum atomic E-state index is -0.0443. The van der Waals surface area contributed by atoms with Crippen LogP contribution < -0.4 is 5.32 Å². The Hall–Kier alpha value is -1.47. The van der Waals surface area contributed by atoms with Crippen molar-refractivity contribution in [3.05, 3.63) is 11.7 Å². The molecule has 3 fully saturated rings. The molecule has 1 aliphatic heterocycles. The van der Waals surface area contributed by atoms with E-state index in [1.165, 1.54) is 12.8 Å². The zero-order chi connectivity index (χ0) is 16.5. The normalized spacial score (nSPS) is 24.5. The predicted molar refractivity (Wildman–Crippen MR) is 88.4 cm³/mol. The number of hydrogen-bond acceptors (Lipinski definition) is 6. The Balaban J connectivity index is 1.27. The first-order chi connectivity index (χ1) is 11.7. The van der Waals surface area contributed by atoms with E-state index in [2.05, 4.69) is 25.3 Å². The van der Waals surface area contributed by atoms with Gasteiger partial charge in [-0.1, -0.05) is 5.16 Å². The van der Waals surface area contributed by atoms with Gasteiger partial charge in [-0.25, -0.2) is 0 Å². The van der Waals surface area contributed by atoms with E-state index in [1.54, 1.807) is 0 Å². The Bertz CT molecular complexity index is 581. The third kappa shape index (κ3) is 3.95. The third-order valence-electron chi connectivity index (χ3n) is 5.25. The standard InChI is InChI=1S/C17H27N5O2/c1-12(16(23)18-14-5-6-14)22-8-2-7-21(9-10-22)11-15-19-17(24-20-15)13-3-4-13/h12-14H,2-11H2,1H3,(H,18,23)/t12-/m1/s1. The average molecular weight is 333 g/mol. The van der Waals surface area contributed by atoms with E-state index in [1.807, 2.05) is 6.92 Å². The second kappa shape index (κ2) is 6.80. The van der Waals surface area contributed by atoms with Gasteiger partial charge in [0.25, 0.3) is 0 Å². The van der Waals surface area contributed by atoms with Crippen molar-refractivity contribution in [1.29, 1.82) is 0 Å². The lowest BCUT2D eigenvalue weighted by molar-refractivity contribution is -0.126. The molecular weight excluding hydrogens is 306 g/mol. The summed E-state index contributed by atoms with van der Waals surface area (Å²) < 4.78 is 5.34. The lowest BCUT2D eigenvalue weighted by Crippen LogP contribution is -2.47. The van der Waals surface area contributed by atoms with Crippen LogP contribution in [0.5, 0.6) is 0 Å². The highest BCUT2D eigenvalue weighted by molar-refractivity contribution is 5.81. The molecule has 1 N–H and O–H groups in total. The van der Waals surface area contributed by atoms with Crippen LogP contribution in [0.25, 0.3) is 0 Å². The molecular formula is C17H27N5O2. The third-order valence-corrected chi connectivity index (χ3v) is 5.25. The number of nitrogens with one attached hydrogen (secondary N) is 1. The Labute approximate surface area is 142 Å². The number of nitrogens with zero attached hydrogens (tertiary/aromatic N) is 4. The van der Waals surface area contributed by atoms with Crippen LogP contribution in [0.2, 0.25) is 0 Å². The molecule has 3 aliphatic rings. The number of hydrogen-bond donors (Lipinski definition) is 1. The van der Waals surface area contributed by atoms with Gasteiger partial charge in [0.2, 0.25) is 11.8 Å². The second-order valence-electron chi connectivity index (χ2n) is 7.45. The van der Waals surface area contributed by atoms with Crippen LogP contribution >= 0.6 is 0 Å². The largest absolute Gasteiger partial charge is 0.352 e. The fourth-order valence-corrected chi connectivity index (χ4v) is 3.28. The van der Waals surface area contributed by atoms with Gasteiger partial charge in [-0.3, -0.25) is 14.6 Å². The minimum Gasteiger partial charge on any atom is -0.352 e. The van der Waals surface area contributed by atoms with Crippen LogP contribution in [-0.4, -0.2) is 64.1 Å². The van der Waals surface area contributed by atoms with Gasteiger partial charge in [-0.15, -0.1) is 0 Å². The van der Waals surface area contributed by atoms with Crippen LogP contribution in [0.15, 0.2) is 4.52 Å². The van der Waals surface area contributed by atoms with Crippen molar-refractivity contribution in [3.63, 3.8) is 0 Å². The lowest BCUT2D eigenvalue weighted by Gasteiger charge is -2.26. The van der Waals surface area contributed by atoms with Crippen molar-refractivity contribution in [2.24, 2.45) is 0 Å². The van der Waals surface area contributed by atoms with Gasteiger partial charge >= 0.3 is 0 Å². The summed E-state index contributed by atoms with van der Waals surface area (Å²) in [4.78, 5) is 21.4. The highest BCUT2D eigenvalue weighted by Gasteiger charge is 2.31. The van der Waals surface area contributed by atoms with Crippen molar-refractivity contribution in [3.8, 4) is 0 Å². The number of carbonyl (C=O) groups excluding carboxylic acids is 1. The first-order valence-electron chi connectivity index (χ1n) is 9.28. The summed E-state index contributed by atoms with van der Waals surface area (Å²) in [6.07, 6.45) is 5.70. The van der Waals surface area contributed by atoms with Crippen LogP contribution in [-0.2, 0) is 11.3 Å². The number of aromatic nitrogens is 2. The van der Waals surface area contributed by atoms with Crippen LogP contribution in [0, 0.1) is 0 Å². The lowest BCUT2D eigenvalue weighted by atomic mass is 10.2. The zero-order valence-corrected chi connectivity index (χ0v) is 14.4. The quantitative estimate of drug-likeness (QED) is 0.841. The van der Waals surface area contributed by atoms with Crippen molar-refractivity contribution >= 4 is 5.91 Å². The number of rotatable bonds is 6. The Morgan fingerprint density at radius 2 is 2.08 bits per heavy atom. The van der Waals surface area contributed by atoms with Gasteiger partial charge in [-0.2, -0.15) is 4.98 Å². The molecule has 2 saturated carbocycles. The molecule has 2 heterocycles. The van der Waals surface area contributed by atoms with Gasteiger partial charge in [-0.05, 0) is 45.6 Å². The molecule has 1 atom stereocenters. The Morgan fingerprint density at radius 1 is 1.25 bits per heavy atom. The zero-order valence-electron chi connectivity index (χ0n) is 14.4. The molecule has 1 aromatic rings. The Morgan fingerprint density at radius 3 is 2.83 bits per heavy atom. The van der Waals surface area contributed by atoms with Gasteiger partial charge in [0, 0.05) is 31.6 Å². The monoisotopic (exact) mass is 333 g/mol. The maximum absolute atomic E-state index is 12.3. The molecule has 7 heteroatoms. The molecule has 0 spiro atoms. The summed E-state index contributed by atoms with van der Waals surface area (Å²) in [7, 11) is 0. The van der Waals surface area contributed by atoms with Gasteiger partial charge in [0.15, 0.2) is 5.82 Å². The summed E-state index contributed by atoms with van der Waals surface area (Å²) in [5.74, 6) is 2.30. The predicted octanol–water partition coefficient (Wildman–Crippen LogP) is 1.12. The van der Waals surface area contributed by atoms with E-state index in [-0.39, 0.29) is 11.9 Å². The topological polar surface area (TPSA) is 74.5 Å². The maximum atomic E-state index is 12.3. The van der Waals surface area contributed by atoms with Crippen molar-refractivity contribution in [1.82, 2.24) is 25.3 Å². The molecule has 1 saturated heterocycles. The second-order valence-corrected chi connectivity index (χ2v) is 7.45. The summed E-state index contributed by atoms with van der Waals surface area (Å²) in [5.41, 5.74) is 0. The van der Waals surface area contributed by atoms with Gasteiger partial charge < -0.3 is 9.84 Å². The van der Waals surface area contributed by atoms with Crippen molar-refractivity contribution < 1.29 is 9.32 Å². The summed E-state index contributed by atoms with van der Waals surface area (Å²) in [6, 6.07) is 0.388. The Kier molecular flexibility index (Phi) is 4.54. The maximum Gasteiger partial charge on any atom is 0.237 e. The van der Waals surface area contributed by atoms with Crippen LogP contribution in [0.1, 0.15) is 56.7 Å². The van der Waals surface area contributed by atoms with E-state index >= 15 is 0 Å². The number of carbonyl (C=O) groups is 1. The molecule has 0 bridgehead atoms. The molecule has 0 radical (unpaired) electrons. The smallest absolute Gasteiger partial charge is 0.237 e. The van der Waals surface area contributed by atoms with Crippen LogP contribution in [0.3, 0.4) is 0 Å². The molecule has 7 nitrogen and oxygen atoms in total. The van der Waals surface area contributed by atoms with Gasteiger partial charge in [0.1, 0.15) is 0 Å². The molecule has 24 heavy (non-hydrogen) atoms. The van der Waals surface area contributed by atoms with E-state index in [0.29, 0.717) is 12.0 Å². The van der Waals surface area contributed by atoms with E-state index in [9.17, 15) is 4.79 Å². The fourth-order valence-electron chi connectivity index (χ4n) is 3.28. The van der Waals surface area contributed by atoms with Crippen LogP contribution in [0.4, 0.5) is 0 Å². The van der Waals surface area contributed by atoms with E-state index in [4.69, 9.17) is 4.52 Å². The summed E-state index contributed by atoms with van der Waals surface area (Å²) in [5, 5.41) is 7.23. The SMILES string of the molecule is C[C@H](C(=O)NC1CC1)N1CCCN(Cc2noc(C3CC3)n2)CC1. The molecule has 132 valence electrons. The fraction of sp³-hybridized carbons (Fsp3) is 0.824. The van der Waals surface area contributed by atoms with Crippen molar-refractivity contribution in [2.75, 3.05) is 26.2 Å². The molecule has 0 aromatic carbocycles. The minimum absolute atomic E-state index is 0.0443. The molecule has 2 aliphatic carbocycles. The molecule has 1 amide bonds. The average Bonchev–Trinajstić information content (AvgIpc) is 3.47. The van der Waals surface area contributed by atoms with Gasteiger partial charge in [0.05, 0.1) is 12.6 Å². The molecule has 4 rings (SSSR count). The molecule has 1 aromatic heterocycles. The van der Waals surface area contributed by atoms with E-state index in [0.717, 1.165) is 63.7 Å². The highest BCUT2D eigenvalue weighted by Crippen LogP contribution is 2.38. The first kappa shape index (κ1) is 16.0. The summed E-state index contributed by atoms with van der Waals surface area (Å²) in [6.45, 7) is 6.60.